The zero-order valence-corrected chi connectivity index (χ0v) is 19.8. The van der Waals surface area contributed by atoms with Gasteiger partial charge in [0.05, 0.1) is 23.2 Å². The summed E-state index contributed by atoms with van der Waals surface area (Å²) in [5, 5.41) is 10.3. The van der Waals surface area contributed by atoms with Gasteiger partial charge in [-0.2, -0.15) is 0 Å². The molecule has 0 radical (unpaired) electrons. The van der Waals surface area contributed by atoms with Gasteiger partial charge < -0.3 is 9.84 Å². The van der Waals surface area contributed by atoms with Gasteiger partial charge in [0.15, 0.2) is 0 Å². The molecule has 2 fully saturated rings. The van der Waals surface area contributed by atoms with Gasteiger partial charge in [-0.25, -0.2) is 0 Å². The molecule has 2 heterocycles. The zero-order chi connectivity index (χ0) is 22.7. The second-order valence-corrected chi connectivity index (χ2v) is 10.5. The molecule has 32 heavy (non-hydrogen) atoms. The Kier molecular flexibility index (Phi) is 7.04. The predicted octanol–water partition coefficient (Wildman–Crippen LogP) is 5.91. The molecule has 174 valence electrons. The van der Waals surface area contributed by atoms with Crippen LogP contribution in [-0.2, 0) is 11.3 Å². The first-order valence-electron chi connectivity index (χ1n) is 12.4. The van der Waals surface area contributed by atoms with Crippen LogP contribution in [0.4, 0.5) is 0 Å². The van der Waals surface area contributed by atoms with Gasteiger partial charge in [-0.1, -0.05) is 33.3 Å². The molecule has 1 saturated heterocycles. The van der Waals surface area contributed by atoms with E-state index in [1.165, 1.54) is 19.3 Å². The fourth-order valence-electron chi connectivity index (χ4n) is 5.32. The first-order chi connectivity index (χ1) is 15.3. The van der Waals surface area contributed by atoms with Crippen molar-refractivity contribution in [3.63, 3.8) is 0 Å². The lowest BCUT2D eigenvalue weighted by Gasteiger charge is -2.38. The van der Waals surface area contributed by atoms with Crippen LogP contribution in [0.15, 0.2) is 30.3 Å². The molecule has 4 rings (SSSR count). The number of pyridine rings is 1. The van der Waals surface area contributed by atoms with E-state index in [9.17, 15) is 9.90 Å². The molecule has 1 aliphatic heterocycles. The number of carbonyl (C=O) groups is 1. The van der Waals surface area contributed by atoms with Crippen molar-refractivity contribution < 1.29 is 14.6 Å². The fourth-order valence-corrected chi connectivity index (χ4v) is 5.32. The van der Waals surface area contributed by atoms with Crippen molar-refractivity contribution in [1.82, 2.24) is 9.88 Å². The number of likely N-dealkylation sites (tertiary alicyclic amines) is 1. The van der Waals surface area contributed by atoms with Crippen molar-refractivity contribution in [3.05, 3.63) is 36.0 Å². The molecule has 5 nitrogen and oxygen atoms in total. The van der Waals surface area contributed by atoms with Gasteiger partial charge >= 0.3 is 5.97 Å². The van der Waals surface area contributed by atoms with Gasteiger partial charge in [0, 0.05) is 11.9 Å². The minimum absolute atomic E-state index is 0.192. The molecular weight excluding hydrogens is 400 g/mol. The molecule has 1 N–H and O–H groups in total. The van der Waals surface area contributed by atoms with Crippen molar-refractivity contribution in [2.75, 3.05) is 13.1 Å². The number of rotatable bonds is 7. The van der Waals surface area contributed by atoms with Crippen LogP contribution in [-0.4, -0.2) is 40.2 Å². The van der Waals surface area contributed by atoms with E-state index in [1.54, 1.807) is 0 Å². The fraction of sp³-hybridized carbons (Fsp3) is 0.630. The van der Waals surface area contributed by atoms with E-state index in [0.29, 0.717) is 11.5 Å². The second kappa shape index (κ2) is 9.78. The summed E-state index contributed by atoms with van der Waals surface area (Å²) < 4.78 is 6.36. The van der Waals surface area contributed by atoms with Gasteiger partial charge in [-0.15, -0.1) is 0 Å². The lowest BCUT2D eigenvalue weighted by atomic mass is 9.69. The number of carboxylic acids is 1. The molecule has 0 spiro atoms. The largest absolute Gasteiger partial charge is 0.490 e. The lowest BCUT2D eigenvalue weighted by molar-refractivity contribution is -0.143. The van der Waals surface area contributed by atoms with E-state index < -0.39 is 5.97 Å². The highest BCUT2D eigenvalue weighted by molar-refractivity contribution is 5.80. The van der Waals surface area contributed by atoms with Gasteiger partial charge in [0.2, 0.25) is 0 Å². The van der Waals surface area contributed by atoms with Crippen molar-refractivity contribution >= 4 is 16.9 Å². The molecule has 1 aromatic carbocycles. The van der Waals surface area contributed by atoms with Crippen molar-refractivity contribution in [2.24, 2.45) is 17.3 Å². The molecule has 0 bridgehead atoms. The van der Waals surface area contributed by atoms with E-state index in [-0.39, 0.29) is 5.92 Å². The summed E-state index contributed by atoms with van der Waals surface area (Å²) in [4.78, 5) is 18.3. The van der Waals surface area contributed by atoms with E-state index in [1.807, 2.05) is 0 Å². The molecular formula is C27H38N2O3. The minimum atomic E-state index is -0.663. The summed E-state index contributed by atoms with van der Waals surface area (Å²) in [6.45, 7) is 9.53. The first-order valence-corrected chi connectivity index (χ1v) is 12.4. The maximum atomic E-state index is 11.1. The van der Waals surface area contributed by atoms with Crippen LogP contribution in [0, 0.1) is 17.3 Å². The average Bonchev–Trinajstić information content (AvgIpc) is 2.80. The normalized spacial score (nSPS) is 23.3. The van der Waals surface area contributed by atoms with Crippen LogP contribution in [0.5, 0.6) is 5.75 Å². The van der Waals surface area contributed by atoms with Gasteiger partial charge in [0.1, 0.15) is 5.75 Å². The summed E-state index contributed by atoms with van der Waals surface area (Å²) in [5.41, 5.74) is 2.46. The van der Waals surface area contributed by atoms with Crippen LogP contribution in [0.3, 0.4) is 0 Å². The Morgan fingerprint density at radius 1 is 1.09 bits per heavy atom. The molecule has 5 heteroatoms. The van der Waals surface area contributed by atoms with Crippen LogP contribution in [0.25, 0.3) is 10.9 Å². The molecule has 2 aliphatic rings. The Bertz CT molecular complexity index is 926. The SMILES string of the molecule is CCC(C)(C)C1CCC(Oc2ccc3nc(CN4CCC(C(=O)O)CC4)ccc3c2)CC1. The van der Waals surface area contributed by atoms with Crippen LogP contribution >= 0.6 is 0 Å². The quantitative estimate of drug-likeness (QED) is 0.583. The summed E-state index contributed by atoms with van der Waals surface area (Å²) in [6, 6.07) is 10.5. The van der Waals surface area contributed by atoms with E-state index in [0.717, 1.165) is 73.6 Å². The first kappa shape index (κ1) is 23.0. The number of ether oxygens (including phenoxy) is 1. The van der Waals surface area contributed by atoms with Crippen LogP contribution in [0.2, 0.25) is 0 Å². The van der Waals surface area contributed by atoms with Crippen LogP contribution < -0.4 is 4.74 Å². The Labute approximate surface area is 192 Å². The van der Waals surface area contributed by atoms with E-state index >= 15 is 0 Å². The minimum Gasteiger partial charge on any atom is -0.490 e. The maximum absolute atomic E-state index is 11.1. The maximum Gasteiger partial charge on any atom is 0.306 e. The van der Waals surface area contributed by atoms with E-state index in [2.05, 4.69) is 56.0 Å². The number of aliphatic carboxylic acids is 1. The monoisotopic (exact) mass is 438 g/mol. The predicted molar refractivity (Wildman–Crippen MR) is 128 cm³/mol. The number of hydrogen-bond donors (Lipinski definition) is 1. The number of fused-ring (bicyclic) bond motifs is 1. The molecule has 1 aromatic heterocycles. The summed E-state index contributed by atoms with van der Waals surface area (Å²) in [7, 11) is 0. The number of piperidine rings is 1. The van der Waals surface area contributed by atoms with E-state index in [4.69, 9.17) is 9.72 Å². The molecule has 1 aliphatic carbocycles. The molecule has 0 unspecified atom stereocenters. The molecule has 0 amide bonds. The third-order valence-electron chi connectivity index (χ3n) is 8.03. The Balaban J connectivity index is 1.33. The number of carboxylic acid groups (broad SMARTS) is 1. The zero-order valence-electron chi connectivity index (χ0n) is 19.8. The highest BCUT2D eigenvalue weighted by Gasteiger charge is 2.32. The van der Waals surface area contributed by atoms with Crippen molar-refractivity contribution in [1.29, 1.82) is 0 Å². The highest BCUT2D eigenvalue weighted by Crippen LogP contribution is 2.41. The topological polar surface area (TPSA) is 62.7 Å². The number of benzene rings is 1. The summed E-state index contributed by atoms with van der Waals surface area (Å²) in [6.07, 6.45) is 7.80. The Hall–Kier alpha value is -2.14. The third kappa shape index (κ3) is 5.43. The smallest absolute Gasteiger partial charge is 0.306 e. The average molecular weight is 439 g/mol. The molecule has 0 atom stereocenters. The van der Waals surface area contributed by atoms with Crippen molar-refractivity contribution in [2.45, 2.75) is 78.4 Å². The molecule has 2 aromatic rings. The Morgan fingerprint density at radius 2 is 1.81 bits per heavy atom. The van der Waals surface area contributed by atoms with Crippen molar-refractivity contribution in [3.8, 4) is 5.75 Å². The second-order valence-electron chi connectivity index (χ2n) is 10.5. The lowest BCUT2D eigenvalue weighted by Crippen LogP contribution is -2.36. The Morgan fingerprint density at radius 3 is 2.47 bits per heavy atom. The standard InChI is InChI=1S/C27H38N2O3/c1-4-27(2,3)21-6-9-23(10-7-21)32-24-11-12-25-20(17-24)5-8-22(28-25)18-29-15-13-19(14-16-29)26(30)31/h5,8,11-12,17,19,21,23H,4,6-7,9-10,13-16,18H2,1-3H3,(H,30,31). The van der Waals surface area contributed by atoms with Gasteiger partial charge in [-0.05, 0) is 87.2 Å². The third-order valence-corrected chi connectivity index (χ3v) is 8.03. The molecule has 1 saturated carbocycles. The van der Waals surface area contributed by atoms with Gasteiger partial charge in [-0.3, -0.25) is 14.7 Å². The number of hydrogen-bond acceptors (Lipinski definition) is 4. The summed E-state index contributed by atoms with van der Waals surface area (Å²) in [5.74, 6) is 0.897. The van der Waals surface area contributed by atoms with Crippen LogP contribution in [0.1, 0.15) is 71.4 Å². The van der Waals surface area contributed by atoms with Gasteiger partial charge in [0.25, 0.3) is 0 Å². The summed E-state index contributed by atoms with van der Waals surface area (Å²) >= 11 is 0. The highest BCUT2D eigenvalue weighted by atomic mass is 16.5. The number of nitrogens with zero attached hydrogens (tertiary/aromatic N) is 2. The number of aromatic nitrogens is 1.